The van der Waals surface area contributed by atoms with E-state index in [1.807, 2.05) is 37.3 Å². The number of benzene rings is 1. The summed E-state index contributed by atoms with van der Waals surface area (Å²) in [6, 6.07) is 9.44. The predicted molar refractivity (Wildman–Crippen MR) is 86.2 cm³/mol. The van der Waals surface area contributed by atoms with E-state index < -0.39 is 11.8 Å². The van der Waals surface area contributed by atoms with Crippen LogP contribution in [0.25, 0.3) is 0 Å². The van der Waals surface area contributed by atoms with Gasteiger partial charge in [-0.05, 0) is 51.4 Å². The minimum absolute atomic E-state index is 0.178. The highest BCUT2D eigenvalue weighted by atomic mass is 16.2. The lowest BCUT2D eigenvalue weighted by molar-refractivity contribution is -0.139. The third-order valence-corrected chi connectivity index (χ3v) is 4.24. The number of likely N-dealkylation sites (tertiary alicyclic amines) is 1. The Morgan fingerprint density at radius 2 is 1.82 bits per heavy atom. The van der Waals surface area contributed by atoms with Gasteiger partial charge in [0.05, 0.1) is 6.04 Å². The lowest BCUT2D eigenvalue weighted by Crippen LogP contribution is -2.44. The van der Waals surface area contributed by atoms with E-state index in [0.717, 1.165) is 31.5 Å². The van der Waals surface area contributed by atoms with Crippen molar-refractivity contribution in [3.63, 3.8) is 0 Å². The zero-order chi connectivity index (χ0) is 15.9. The molecule has 0 aromatic heterocycles. The van der Waals surface area contributed by atoms with Gasteiger partial charge in [0.1, 0.15) is 0 Å². The van der Waals surface area contributed by atoms with E-state index in [1.165, 1.54) is 0 Å². The summed E-state index contributed by atoms with van der Waals surface area (Å²) in [5, 5.41) is 5.49. The number of piperidine rings is 1. The second-order valence-electron chi connectivity index (χ2n) is 6.06. The van der Waals surface area contributed by atoms with Gasteiger partial charge in [0.25, 0.3) is 0 Å². The maximum atomic E-state index is 11.9. The molecule has 0 radical (unpaired) electrons. The molecule has 1 atom stereocenters. The Morgan fingerprint density at radius 3 is 2.45 bits per heavy atom. The normalized spacial score (nSPS) is 17.7. The highest BCUT2D eigenvalue weighted by Crippen LogP contribution is 2.14. The van der Waals surface area contributed by atoms with Crippen molar-refractivity contribution in [1.29, 1.82) is 0 Å². The number of nitrogens with zero attached hydrogens (tertiary/aromatic N) is 1. The molecule has 1 aromatic carbocycles. The molecule has 0 spiro atoms. The summed E-state index contributed by atoms with van der Waals surface area (Å²) in [4.78, 5) is 26.1. The van der Waals surface area contributed by atoms with Crippen LogP contribution in [0, 0.1) is 5.92 Å². The summed E-state index contributed by atoms with van der Waals surface area (Å²) in [5.74, 6) is -0.634. The van der Waals surface area contributed by atoms with Gasteiger partial charge in [-0.25, -0.2) is 0 Å². The molecule has 1 aliphatic heterocycles. The molecular weight excluding hydrogens is 278 g/mol. The van der Waals surface area contributed by atoms with Crippen LogP contribution in [0.15, 0.2) is 30.3 Å². The van der Waals surface area contributed by atoms with E-state index in [9.17, 15) is 9.59 Å². The van der Waals surface area contributed by atoms with Crippen molar-refractivity contribution in [2.24, 2.45) is 5.92 Å². The van der Waals surface area contributed by atoms with Gasteiger partial charge in [0.2, 0.25) is 0 Å². The minimum atomic E-state index is -0.565. The number of carbonyl (C=O) groups excluding carboxylic acids is 2. The number of hydrogen-bond donors (Lipinski definition) is 2. The molecule has 2 rings (SSSR count). The van der Waals surface area contributed by atoms with Crippen LogP contribution in [0.5, 0.6) is 0 Å². The van der Waals surface area contributed by atoms with Gasteiger partial charge in [-0.3, -0.25) is 9.59 Å². The molecule has 1 unspecified atom stereocenters. The van der Waals surface area contributed by atoms with Crippen molar-refractivity contribution in [3.05, 3.63) is 35.9 Å². The Kier molecular flexibility index (Phi) is 5.95. The topological polar surface area (TPSA) is 61.4 Å². The van der Waals surface area contributed by atoms with Crippen LogP contribution in [-0.4, -0.2) is 43.4 Å². The van der Waals surface area contributed by atoms with E-state index in [-0.39, 0.29) is 6.04 Å². The van der Waals surface area contributed by atoms with Crippen molar-refractivity contribution in [2.75, 3.05) is 26.7 Å². The molecule has 0 aliphatic carbocycles. The molecule has 1 heterocycles. The maximum absolute atomic E-state index is 11.9. The molecule has 5 heteroatoms. The van der Waals surface area contributed by atoms with Gasteiger partial charge >= 0.3 is 11.8 Å². The third kappa shape index (κ3) is 4.84. The number of nitrogens with one attached hydrogen (secondary N) is 2. The monoisotopic (exact) mass is 303 g/mol. The Bertz CT molecular complexity index is 496. The quantitative estimate of drug-likeness (QED) is 0.825. The number of rotatable bonds is 4. The molecule has 1 saturated heterocycles. The van der Waals surface area contributed by atoms with Gasteiger partial charge < -0.3 is 15.5 Å². The smallest absolute Gasteiger partial charge is 0.309 e. The van der Waals surface area contributed by atoms with Crippen molar-refractivity contribution < 1.29 is 9.59 Å². The highest BCUT2D eigenvalue weighted by molar-refractivity contribution is 6.35. The highest BCUT2D eigenvalue weighted by Gasteiger charge is 2.20. The molecular formula is C17H25N3O2. The van der Waals surface area contributed by atoms with Crippen LogP contribution in [-0.2, 0) is 9.59 Å². The second kappa shape index (κ2) is 7.94. The van der Waals surface area contributed by atoms with Crippen LogP contribution in [0.2, 0.25) is 0 Å². The van der Waals surface area contributed by atoms with Crippen LogP contribution in [0.4, 0.5) is 0 Å². The SMILES string of the molecule is CC(NC(=O)C(=O)NCC1CCN(C)CC1)c1ccccc1. The molecule has 2 amide bonds. The minimum Gasteiger partial charge on any atom is -0.348 e. The molecule has 1 aromatic rings. The van der Waals surface area contributed by atoms with E-state index in [1.54, 1.807) is 0 Å². The van der Waals surface area contributed by atoms with Gasteiger partial charge in [0.15, 0.2) is 0 Å². The largest absolute Gasteiger partial charge is 0.348 e. The van der Waals surface area contributed by atoms with E-state index in [4.69, 9.17) is 0 Å². The van der Waals surface area contributed by atoms with E-state index in [2.05, 4.69) is 22.6 Å². The fraction of sp³-hybridized carbons (Fsp3) is 0.529. The Balaban J connectivity index is 1.74. The molecule has 0 saturated carbocycles. The lowest BCUT2D eigenvalue weighted by Gasteiger charge is -2.28. The molecule has 120 valence electrons. The zero-order valence-electron chi connectivity index (χ0n) is 13.3. The molecule has 22 heavy (non-hydrogen) atoms. The average Bonchev–Trinajstić information content (AvgIpc) is 2.54. The van der Waals surface area contributed by atoms with Gasteiger partial charge in [-0.1, -0.05) is 30.3 Å². The number of hydrogen-bond acceptors (Lipinski definition) is 3. The summed E-state index contributed by atoms with van der Waals surface area (Å²) in [6.07, 6.45) is 2.14. The first-order chi connectivity index (χ1) is 10.6. The van der Waals surface area contributed by atoms with Crippen molar-refractivity contribution in [3.8, 4) is 0 Å². The Morgan fingerprint density at radius 1 is 1.18 bits per heavy atom. The van der Waals surface area contributed by atoms with Gasteiger partial charge in [-0.2, -0.15) is 0 Å². The standard InChI is InChI=1S/C17H25N3O2/c1-13(15-6-4-3-5-7-15)19-17(22)16(21)18-12-14-8-10-20(2)11-9-14/h3-7,13-14H,8-12H2,1-2H3,(H,18,21)(H,19,22). The predicted octanol–water partition coefficient (Wildman–Crippen LogP) is 1.32. The van der Waals surface area contributed by atoms with Crippen LogP contribution >= 0.6 is 0 Å². The fourth-order valence-electron chi connectivity index (χ4n) is 2.67. The van der Waals surface area contributed by atoms with E-state index in [0.29, 0.717) is 12.5 Å². The molecule has 2 N–H and O–H groups in total. The maximum Gasteiger partial charge on any atom is 0.309 e. The summed E-state index contributed by atoms with van der Waals surface area (Å²) < 4.78 is 0. The summed E-state index contributed by atoms with van der Waals surface area (Å²) in [6.45, 7) is 4.56. The van der Waals surface area contributed by atoms with Gasteiger partial charge in [0, 0.05) is 6.54 Å². The second-order valence-corrected chi connectivity index (χ2v) is 6.06. The Labute approximate surface area is 132 Å². The van der Waals surface area contributed by atoms with Crippen molar-refractivity contribution >= 4 is 11.8 Å². The van der Waals surface area contributed by atoms with Crippen LogP contribution < -0.4 is 10.6 Å². The first kappa shape index (κ1) is 16.5. The molecule has 5 nitrogen and oxygen atoms in total. The summed E-state index contributed by atoms with van der Waals surface area (Å²) >= 11 is 0. The molecule has 1 aliphatic rings. The first-order valence-corrected chi connectivity index (χ1v) is 7.88. The van der Waals surface area contributed by atoms with Crippen molar-refractivity contribution in [1.82, 2.24) is 15.5 Å². The first-order valence-electron chi connectivity index (χ1n) is 7.88. The molecule has 1 fully saturated rings. The number of carbonyl (C=O) groups is 2. The van der Waals surface area contributed by atoms with Crippen LogP contribution in [0.3, 0.4) is 0 Å². The van der Waals surface area contributed by atoms with Crippen molar-refractivity contribution in [2.45, 2.75) is 25.8 Å². The summed E-state index contributed by atoms with van der Waals surface area (Å²) in [5.41, 5.74) is 0.985. The van der Waals surface area contributed by atoms with Gasteiger partial charge in [-0.15, -0.1) is 0 Å². The zero-order valence-corrected chi connectivity index (χ0v) is 13.3. The lowest BCUT2D eigenvalue weighted by atomic mass is 9.97. The van der Waals surface area contributed by atoms with Crippen LogP contribution in [0.1, 0.15) is 31.4 Å². The number of amides is 2. The fourth-order valence-corrected chi connectivity index (χ4v) is 2.67. The third-order valence-electron chi connectivity index (χ3n) is 4.24. The summed E-state index contributed by atoms with van der Waals surface area (Å²) in [7, 11) is 2.10. The van der Waals surface area contributed by atoms with E-state index >= 15 is 0 Å². The average molecular weight is 303 g/mol. The Hall–Kier alpha value is -1.88. The molecule has 0 bridgehead atoms.